The minimum absolute atomic E-state index is 0.460. The van der Waals surface area contributed by atoms with E-state index >= 15 is 0 Å². The highest BCUT2D eigenvalue weighted by molar-refractivity contribution is 5.93. The van der Waals surface area contributed by atoms with Crippen LogP contribution in [0.3, 0.4) is 0 Å². The Labute approximate surface area is 150 Å². The Kier molecular flexibility index (Phi) is 5.34. The molecule has 2 amide bonds. The van der Waals surface area contributed by atoms with Crippen LogP contribution in [0.25, 0.3) is 16.8 Å². The Morgan fingerprint density at radius 1 is 1.04 bits per heavy atom. The van der Waals surface area contributed by atoms with Gasteiger partial charge in [0.15, 0.2) is 6.10 Å². The average Bonchev–Trinajstić information content (AvgIpc) is 3.18. The number of furan rings is 1. The molecule has 0 fully saturated rings. The van der Waals surface area contributed by atoms with Gasteiger partial charge < -0.3 is 9.15 Å². The van der Waals surface area contributed by atoms with Crippen molar-refractivity contribution >= 4 is 28.7 Å². The predicted octanol–water partition coefficient (Wildman–Crippen LogP) is 3.06. The first kappa shape index (κ1) is 17.3. The summed E-state index contributed by atoms with van der Waals surface area (Å²) in [6.45, 7) is 1.61. The van der Waals surface area contributed by atoms with E-state index in [2.05, 4.69) is 10.9 Å². The van der Waals surface area contributed by atoms with Gasteiger partial charge in [-0.1, -0.05) is 30.3 Å². The molecule has 0 unspecified atom stereocenters. The first-order chi connectivity index (χ1) is 12.6. The molecule has 2 aromatic carbocycles. The molecule has 1 aromatic heterocycles. The fourth-order valence-corrected chi connectivity index (χ4v) is 2.31. The van der Waals surface area contributed by atoms with Crippen molar-refractivity contribution in [1.82, 2.24) is 10.9 Å². The van der Waals surface area contributed by atoms with Gasteiger partial charge in [0.05, 0.1) is 6.26 Å². The third-order valence-electron chi connectivity index (χ3n) is 3.65. The fourth-order valence-electron chi connectivity index (χ4n) is 2.31. The summed E-state index contributed by atoms with van der Waals surface area (Å²) >= 11 is 0. The lowest BCUT2D eigenvalue weighted by molar-refractivity contribution is -0.131. The average molecular weight is 350 g/mol. The van der Waals surface area contributed by atoms with Crippen molar-refractivity contribution in [2.24, 2.45) is 0 Å². The number of hydrogen-bond acceptors (Lipinski definition) is 4. The predicted molar refractivity (Wildman–Crippen MR) is 98.1 cm³/mol. The van der Waals surface area contributed by atoms with Gasteiger partial charge in [0.2, 0.25) is 0 Å². The van der Waals surface area contributed by atoms with Gasteiger partial charge in [-0.2, -0.15) is 0 Å². The van der Waals surface area contributed by atoms with Crippen LogP contribution in [-0.2, 0) is 9.59 Å². The summed E-state index contributed by atoms with van der Waals surface area (Å²) in [5, 5.41) is 2.11. The van der Waals surface area contributed by atoms with Gasteiger partial charge in [-0.05, 0) is 48.0 Å². The van der Waals surface area contributed by atoms with Crippen LogP contribution >= 0.6 is 0 Å². The first-order valence-corrected chi connectivity index (χ1v) is 8.09. The summed E-state index contributed by atoms with van der Waals surface area (Å²) in [5.41, 5.74) is 4.62. The SMILES string of the molecule is C[C@@H](Oc1ccc2ccccc2c1)C(=O)NNC(=O)/C=C/c1ccco1. The molecule has 26 heavy (non-hydrogen) atoms. The second kappa shape index (κ2) is 8.02. The third kappa shape index (κ3) is 4.51. The van der Waals surface area contributed by atoms with Gasteiger partial charge in [0.1, 0.15) is 11.5 Å². The summed E-state index contributed by atoms with van der Waals surface area (Å²) in [4.78, 5) is 23.7. The molecule has 1 heterocycles. The van der Waals surface area contributed by atoms with Gasteiger partial charge in [-0.3, -0.25) is 20.4 Å². The highest BCUT2D eigenvalue weighted by Crippen LogP contribution is 2.21. The van der Waals surface area contributed by atoms with Crippen molar-refractivity contribution in [3.05, 3.63) is 72.7 Å². The summed E-state index contributed by atoms with van der Waals surface area (Å²) in [6.07, 6.45) is 3.49. The van der Waals surface area contributed by atoms with Crippen molar-refractivity contribution in [3.8, 4) is 5.75 Å². The van der Waals surface area contributed by atoms with Crippen LogP contribution in [0.5, 0.6) is 5.75 Å². The van der Waals surface area contributed by atoms with Crippen molar-refractivity contribution < 1.29 is 18.7 Å². The van der Waals surface area contributed by atoms with Crippen LogP contribution in [0.15, 0.2) is 71.4 Å². The second-order valence-electron chi connectivity index (χ2n) is 5.60. The lowest BCUT2D eigenvalue weighted by Gasteiger charge is -2.15. The Morgan fingerprint density at radius 3 is 2.62 bits per heavy atom. The zero-order chi connectivity index (χ0) is 18.4. The summed E-state index contributed by atoms with van der Waals surface area (Å²) in [7, 11) is 0. The smallest absolute Gasteiger partial charge is 0.279 e. The van der Waals surface area contributed by atoms with Crippen LogP contribution in [0.4, 0.5) is 0 Å². The number of nitrogens with one attached hydrogen (secondary N) is 2. The quantitative estimate of drug-likeness (QED) is 0.547. The van der Waals surface area contributed by atoms with Crippen LogP contribution in [0.1, 0.15) is 12.7 Å². The molecule has 6 nitrogen and oxygen atoms in total. The Balaban J connectivity index is 1.51. The normalized spacial score (nSPS) is 12.0. The van der Waals surface area contributed by atoms with E-state index in [0.717, 1.165) is 10.8 Å². The van der Waals surface area contributed by atoms with Gasteiger partial charge in [0.25, 0.3) is 11.8 Å². The molecular formula is C20H18N2O4. The molecule has 0 aliphatic carbocycles. The van der Waals surface area contributed by atoms with E-state index in [1.54, 1.807) is 25.1 Å². The number of benzene rings is 2. The van der Waals surface area contributed by atoms with Crippen molar-refractivity contribution in [1.29, 1.82) is 0 Å². The number of carbonyl (C=O) groups is 2. The van der Waals surface area contributed by atoms with Crippen LogP contribution in [0, 0.1) is 0 Å². The summed E-state index contributed by atoms with van der Waals surface area (Å²) < 4.78 is 10.7. The van der Waals surface area contributed by atoms with Crippen molar-refractivity contribution in [3.63, 3.8) is 0 Å². The molecule has 2 N–H and O–H groups in total. The minimum Gasteiger partial charge on any atom is -0.481 e. The molecule has 0 radical (unpaired) electrons. The molecule has 6 heteroatoms. The van der Waals surface area contributed by atoms with E-state index in [1.807, 2.05) is 36.4 Å². The summed E-state index contributed by atoms with van der Waals surface area (Å²) in [6, 6.07) is 16.9. The Morgan fingerprint density at radius 2 is 1.85 bits per heavy atom. The molecular weight excluding hydrogens is 332 g/mol. The summed E-state index contributed by atoms with van der Waals surface area (Å²) in [5.74, 6) is 0.181. The van der Waals surface area contributed by atoms with E-state index in [0.29, 0.717) is 11.5 Å². The number of ether oxygens (including phenoxy) is 1. The van der Waals surface area contributed by atoms with Gasteiger partial charge in [0, 0.05) is 6.08 Å². The maximum atomic E-state index is 12.1. The third-order valence-corrected chi connectivity index (χ3v) is 3.65. The minimum atomic E-state index is -0.773. The maximum absolute atomic E-state index is 12.1. The second-order valence-corrected chi connectivity index (χ2v) is 5.60. The van der Waals surface area contributed by atoms with E-state index in [4.69, 9.17) is 9.15 Å². The number of hydrogen-bond donors (Lipinski definition) is 2. The van der Waals surface area contributed by atoms with Gasteiger partial charge in [-0.15, -0.1) is 0 Å². The highest BCUT2D eigenvalue weighted by atomic mass is 16.5. The van der Waals surface area contributed by atoms with E-state index in [9.17, 15) is 9.59 Å². The maximum Gasteiger partial charge on any atom is 0.279 e. The molecule has 1 atom stereocenters. The largest absolute Gasteiger partial charge is 0.481 e. The van der Waals surface area contributed by atoms with E-state index in [1.165, 1.54) is 18.4 Å². The number of fused-ring (bicyclic) bond motifs is 1. The number of amides is 2. The van der Waals surface area contributed by atoms with Crippen LogP contribution in [-0.4, -0.2) is 17.9 Å². The van der Waals surface area contributed by atoms with Gasteiger partial charge in [-0.25, -0.2) is 0 Å². The van der Waals surface area contributed by atoms with Crippen LogP contribution < -0.4 is 15.6 Å². The zero-order valence-electron chi connectivity index (χ0n) is 14.1. The topological polar surface area (TPSA) is 80.6 Å². The molecule has 3 aromatic rings. The standard InChI is InChI=1S/C20H18N2O4/c1-14(26-18-9-8-15-5-2-3-6-16(15)13-18)20(24)22-21-19(23)11-10-17-7-4-12-25-17/h2-14H,1H3,(H,21,23)(H,22,24)/b11-10+/t14-/m1/s1. The Bertz CT molecular complexity index is 932. The highest BCUT2D eigenvalue weighted by Gasteiger charge is 2.15. The monoisotopic (exact) mass is 350 g/mol. The van der Waals surface area contributed by atoms with E-state index in [-0.39, 0.29) is 0 Å². The molecule has 0 spiro atoms. The zero-order valence-corrected chi connectivity index (χ0v) is 14.1. The molecule has 0 saturated carbocycles. The molecule has 0 aliphatic rings. The fraction of sp³-hybridized carbons (Fsp3) is 0.100. The molecule has 3 rings (SSSR count). The number of carbonyl (C=O) groups excluding carboxylic acids is 2. The molecule has 132 valence electrons. The lowest BCUT2D eigenvalue weighted by atomic mass is 10.1. The Hall–Kier alpha value is -3.54. The molecule has 0 bridgehead atoms. The van der Waals surface area contributed by atoms with Crippen LogP contribution in [0.2, 0.25) is 0 Å². The molecule has 0 aliphatic heterocycles. The lowest BCUT2D eigenvalue weighted by Crippen LogP contribution is -2.46. The number of hydrazine groups is 1. The number of rotatable bonds is 5. The van der Waals surface area contributed by atoms with Gasteiger partial charge >= 0.3 is 0 Å². The molecule has 0 saturated heterocycles. The van der Waals surface area contributed by atoms with Crippen molar-refractivity contribution in [2.75, 3.05) is 0 Å². The van der Waals surface area contributed by atoms with Crippen molar-refractivity contribution in [2.45, 2.75) is 13.0 Å². The first-order valence-electron chi connectivity index (χ1n) is 8.09. The van der Waals surface area contributed by atoms with E-state index < -0.39 is 17.9 Å².